The van der Waals surface area contributed by atoms with Crippen LogP contribution >= 0.6 is 0 Å². The van der Waals surface area contributed by atoms with Crippen molar-refractivity contribution in [2.45, 2.75) is 25.9 Å². The molecule has 0 aliphatic carbocycles. The molecule has 0 radical (unpaired) electrons. The minimum absolute atomic E-state index is 0.184. The summed E-state index contributed by atoms with van der Waals surface area (Å²) in [6.07, 6.45) is -4.43. The van der Waals surface area contributed by atoms with Gasteiger partial charge in [-0.25, -0.2) is 5.26 Å². The van der Waals surface area contributed by atoms with Gasteiger partial charge in [-0.15, -0.1) is 0 Å². The summed E-state index contributed by atoms with van der Waals surface area (Å²) in [6, 6.07) is 0. The number of nitriles is 1. The third kappa shape index (κ3) is 18.9. The van der Waals surface area contributed by atoms with Crippen molar-refractivity contribution < 1.29 is 13.2 Å². The lowest BCUT2D eigenvalue weighted by atomic mass is 10.3. The number of rotatable bonds is 1. The van der Waals surface area contributed by atoms with Crippen LogP contribution in [0.5, 0.6) is 0 Å². The second kappa shape index (κ2) is 5.42. The molecule has 0 fully saturated rings. The van der Waals surface area contributed by atoms with E-state index >= 15 is 0 Å². The van der Waals surface area contributed by atoms with E-state index < -0.39 is 12.6 Å². The van der Waals surface area contributed by atoms with Gasteiger partial charge in [-0.3, -0.25) is 0 Å². The molecule has 0 unspecified atom stereocenters. The number of hydrogen-bond acceptors (Lipinski definition) is 1. The summed E-state index contributed by atoms with van der Waals surface area (Å²) >= 11 is 0. The van der Waals surface area contributed by atoms with Crippen LogP contribution in [0.3, 0.4) is 0 Å². The van der Waals surface area contributed by atoms with Gasteiger partial charge >= 0.3 is 6.18 Å². The van der Waals surface area contributed by atoms with Crippen LogP contribution in [0.2, 0.25) is 0 Å². The summed E-state index contributed by atoms with van der Waals surface area (Å²) in [5.41, 5.74) is 0. The first kappa shape index (κ1) is 11.1. The molecule has 0 saturated carbocycles. The second-order valence-corrected chi connectivity index (χ2v) is 1.37. The molecule has 0 spiro atoms. The van der Waals surface area contributed by atoms with E-state index in [0.717, 1.165) is 0 Å². The molecule has 0 amide bonds. The van der Waals surface area contributed by atoms with Crippen molar-refractivity contribution in [3.05, 3.63) is 0 Å². The quantitative estimate of drug-likeness (QED) is 0.547. The summed E-state index contributed by atoms with van der Waals surface area (Å²) in [7, 11) is 0. The van der Waals surface area contributed by atoms with Crippen LogP contribution in [-0.2, 0) is 0 Å². The van der Waals surface area contributed by atoms with Crippen LogP contribution in [0.15, 0.2) is 0 Å². The first-order valence-electron chi connectivity index (χ1n) is 2.39. The van der Waals surface area contributed by atoms with Crippen molar-refractivity contribution in [2.24, 2.45) is 0 Å². The van der Waals surface area contributed by atoms with Crippen LogP contribution in [0.4, 0.5) is 13.2 Å². The van der Waals surface area contributed by atoms with Crippen molar-refractivity contribution in [1.29, 1.82) is 5.26 Å². The van der Waals surface area contributed by atoms with Gasteiger partial charge in [0.05, 0.1) is 0 Å². The Morgan fingerprint density at radius 1 is 1.33 bits per heavy atom. The molecule has 54 valence electrons. The van der Waals surface area contributed by atoms with Crippen molar-refractivity contribution in [1.82, 2.24) is 0 Å². The van der Waals surface area contributed by atoms with Crippen LogP contribution in [0.1, 0.15) is 19.8 Å². The molecule has 0 rings (SSSR count). The van der Waals surface area contributed by atoms with Gasteiger partial charge in [0.25, 0.3) is 0 Å². The monoisotopic (exact) mass is 139 g/mol. The van der Waals surface area contributed by atoms with E-state index in [1.807, 2.05) is 0 Å². The summed E-state index contributed by atoms with van der Waals surface area (Å²) in [5.74, 6) is 0. The van der Waals surface area contributed by atoms with Crippen molar-refractivity contribution in [3.8, 4) is 6.57 Å². The van der Waals surface area contributed by atoms with Gasteiger partial charge in [-0.2, -0.15) is 13.2 Å². The maximum Gasteiger partial charge on any atom is 0.389 e. The summed E-state index contributed by atoms with van der Waals surface area (Å²) < 4.78 is 33.2. The Morgan fingerprint density at radius 3 is 1.67 bits per heavy atom. The van der Waals surface area contributed by atoms with Gasteiger partial charge in [0.2, 0.25) is 0 Å². The fraction of sp³-hybridized carbons (Fsp3) is 0.800. The Hall–Kier alpha value is -0.720. The van der Waals surface area contributed by atoms with E-state index in [4.69, 9.17) is 5.26 Å². The van der Waals surface area contributed by atoms with E-state index in [9.17, 15) is 13.2 Å². The lowest BCUT2D eigenvalue weighted by Gasteiger charge is -2.00. The van der Waals surface area contributed by atoms with Gasteiger partial charge in [0.15, 0.2) is 0 Å². The van der Waals surface area contributed by atoms with Crippen LogP contribution in [-0.4, -0.2) is 6.18 Å². The van der Waals surface area contributed by atoms with Crippen molar-refractivity contribution in [3.63, 3.8) is 0 Å². The maximum absolute atomic E-state index is 11.1. The molecule has 0 aromatic heterocycles. The number of alkyl halides is 3. The molecule has 0 atom stereocenters. The molecule has 0 heterocycles. The zero-order valence-corrected chi connectivity index (χ0v) is 5.07. The molecule has 0 bridgehead atoms. The number of halogens is 3. The summed E-state index contributed by atoms with van der Waals surface area (Å²) in [6.45, 7) is 5.01. The van der Waals surface area contributed by atoms with Gasteiger partial charge in [0, 0.05) is 13.0 Å². The van der Waals surface area contributed by atoms with Crippen LogP contribution in [0.25, 0.3) is 0 Å². The smallest absolute Gasteiger partial charge is 0.202 e. The Labute approximate surface area is 52.1 Å². The fourth-order valence-electron chi connectivity index (χ4n) is 0.283. The first-order chi connectivity index (χ1) is 4.06. The zero-order chi connectivity index (χ0) is 7.91. The standard InChI is InChI=1S/C4H7F3.CHN/c1-2-3-4(5,6)7;1-2/h2-3H2,1H3;1H. The molecular formula is C5H8F3N. The zero-order valence-electron chi connectivity index (χ0n) is 5.07. The minimum Gasteiger partial charge on any atom is -0.202 e. The largest absolute Gasteiger partial charge is 0.389 e. The second-order valence-electron chi connectivity index (χ2n) is 1.37. The fourth-order valence-corrected chi connectivity index (χ4v) is 0.283. The van der Waals surface area contributed by atoms with Gasteiger partial charge in [-0.1, -0.05) is 6.92 Å². The average molecular weight is 139 g/mol. The number of nitrogens with zero attached hydrogens (tertiary/aromatic N) is 1. The highest BCUT2D eigenvalue weighted by molar-refractivity contribution is 4.44. The van der Waals surface area contributed by atoms with Gasteiger partial charge in [0.1, 0.15) is 0 Å². The summed E-state index contributed by atoms with van der Waals surface area (Å²) in [5, 5.41) is 6.50. The van der Waals surface area contributed by atoms with Crippen LogP contribution < -0.4 is 0 Å². The van der Waals surface area contributed by atoms with Gasteiger partial charge < -0.3 is 0 Å². The minimum atomic E-state index is -3.95. The molecule has 0 aromatic rings. The Kier molecular flexibility index (Phi) is 6.70. The normalized spacial score (nSPS) is 9.56. The molecule has 0 aliphatic rings. The first-order valence-corrected chi connectivity index (χ1v) is 2.39. The predicted molar refractivity (Wildman–Crippen MR) is 27.6 cm³/mol. The molecule has 1 nitrogen and oxygen atoms in total. The lowest BCUT2D eigenvalue weighted by molar-refractivity contribution is -0.134. The molecule has 9 heavy (non-hydrogen) atoms. The molecule has 0 saturated heterocycles. The topological polar surface area (TPSA) is 23.8 Å². The molecule has 0 aromatic carbocycles. The van der Waals surface area contributed by atoms with E-state index in [1.54, 1.807) is 0 Å². The van der Waals surface area contributed by atoms with E-state index in [-0.39, 0.29) is 6.42 Å². The average Bonchev–Trinajstić information content (AvgIpc) is 1.69. The highest BCUT2D eigenvalue weighted by Crippen LogP contribution is 2.20. The summed E-state index contributed by atoms with van der Waals surface area (Å²) in [4.78, 5) is 0. The van der Waals surface area contributed by atoms with E-state index in [1.165, 1.54) is 6.92 Å². The molecule has 0 aliphatic heterocycles. The highest BCUT2D eigenvalue weighted by atomic mass is 19.4. The highest BCUT2D eigenvalue weighted by Gasteiger charge is 2.24. The molecule has 0 N–H and O–H groups in total. The SMILES string of the molecule is C#N.CCCC(F)(F)F. The Morgan fingerprint density at radius 2 is 1.67 bits per heavy atom. The third-order valence-electron chi connectivity index (χ3n) is 0.533. The van der Waals surface area contributed by atoms with Crippen LogP contribution in [0, 0.1) is 11.8 Å². The molecule has 4 heteroatoms. The Balaban J connectivity index is 0. The predicted octanol–water partition coefficient (Wildman–Crippen LogP) is 2.49. The van der Waals surface area contributed by atoms with Gasteiger partial charge in [-0.05, 0) is 6.42 Å². The van der Waals surface area contributed by atoms with E-state index in [2.05, 4.69) is 6.57 Å². The van der Waals surface area contributed by atoms with Crippen molar-refractivity contribution >= 4 is 0 Å². The Bertz CT molecular complexity index is 74.0. The van der Waals surface area contributed by atoms with E-state index in [0.29, 0.717) is 0 Å². The lowest BCUT2D eigenvalue weighted by Crippen LogP contribution is -2.04. The maximum atomic E-state index is 11.1. The van der Waals surface area contributed by atoms with Crippen molar-refractivity contribution in [2.75, 3.05) is 0 Å². The third-order valence-corrected chi connectivity index (χ3v) is 0.533. The molecular weight excluding hydrogens is 131 g/mol. The number of hydrogen-bond donors (Lipinski definition) is 0.